The number of hydrogen-bond acceptors (Lipinski definition) is 4. The van der Waals surface area contributed by atoms with Gasteiger partial charge in [-0.1, -0.05) is 24.3 Å². The average molecular weight is 352 g/mol. The summed E-state index contributed by atoms with van der Waals surface area (Å²) >= 11 is 0. The summed E-state index contributed by atoms with van der Waals surface area (Å²) in [6, 6.07) is 12.9. The van der Waals surface area contributed by atoms with Gasteiger partial charge >= 0.3 is 0 Å². The van der Waals surface area contributed by atoms with E-state index >= 15 is 0 Å². The van der Waals surface area contributed by atoms with Crippen molar-refractivity contribution in [2.45, 2.75) is 25.9 Å². The number of nitrogens with zero attached hydrogens (tertiary/aromatic N) is 1. The maximum absolute atomic E-state index is 12.7. The molecule has 2 aromatic rings. The highest BCUT2D eigenvalue weighted by Crippen LogP contribution is 2.41. The van der Waals surface area contributed by atoms with Gasteiger partial charge in [-0.25, -0.2) is 0 Å². The fourth-order valence-corrected chi connectivity index (χ4v) is 3.37. The zero-order valence-electron chi connectivity index (χ0n) is 14.7. The largest absolute Gasteiger partial charge is 0.483 e. The minimum atomic E-state index is -0.282. The van der Waals surface area contributed by atoms with Crippen LogP contribution in [-0.4, -0.2) is 30.6 Å². The van der Waals surface area contributed by atoms with Gasteiger partial charge in [0, 0.05) is 12.0 Å². The van der Waals surface area contributed by atoms with Crippen LogP contribution in [0.15, 0.2) is 42.5 Å². The predicted molar refractivity (Wildman–Crippen MR) is 97.8 cm³/mol. The molecule has 2 amide bonds. The Morgan fingerprint density at radius 1 is 1.23 bits per heavy atom. The van der Waals surface area contributed by atoms with Gasteiger partial charge in [-0.2, -0.15) is 0 Å². The van der Waals surface area contributed by atoms with Gasteiger partial charge in [0.1, 0.15) is 12.1 Å². The molecule has 2 aromatic carbocycles. The molecule has 0 fully saturated rings. The molecule has 0 radical (unpaired) electrons. The van der Waals surface area contributed by atoms with E-state index in [4.69, 9.17) is 9.47 Å². The summed E-state index contributed by atoms with van der Waals surface area (Å²) < 4.78 is 11.7. The predicted octanol–water partition coefficient (Wildman–Crippen LogP) is 2.76. The van der Waals surface area contributed by atoms with Crippen LogP contribution in [0.4, 0.5) is 11.4 Å². The summed E-state index contributed by atoms with van der Waals surface area (Å²) in [5.74, 6) is 0.753. The number of hydrogen-bond donors (Lipinski definition) is 1. The molecule has 0 aromatic heterocycles. The van der Waals surface area contributed by atoms with Crippen molar-refractivity contribution >= 4 is 23.2 Å². The molecular formula is C20H20N2O4. The highest BCUT2D eigenvalue weighted by molar-refractivity contribution is 6.10. The SMILES string of the molecule is CC1(C)Cc2cccc(OCC(=O)N3CC(=O)Nc4ccccc43)c2O1. The van der Waals surface area contributed by atoms with Crippen LogP contribution in [0, 0.1) is 0 Å². The number of para-hydroxylation sites is 3. The number of ether oxygens (including phenoxy) is 2. The van der Waals surface area contributed by atoms with E-state index in [0.717, 1.165) is 12.0 Å². The van der Waals surface area contributed by atoms with Gasteiger partial charge in [-0.15, -0.1) is 0 Å². The standard InChI is InChI=1S/C20H20N2O4/c1-20(2)10-13-6-5-9-16(19(13)26-20)25-12-18(24)22-11-17(23)21-14-7-3-4-8-15(14)22/h3-9H,10-12H2,1-2H3,(H,21,23). The maximum atomic E-state index is 12.7. The van der Waals surface area contributed by atoms with E-state index in [-0.39, 0.29) is 30.6 Å². The van der Waals surface area contributed by atoms with Crippen LogP contribution < -0.4 is 19.7 Å². The van der Waals surface area contributed by atoms with Gasteiger partial charge in [0.05, 0.1) is 11.4 Å². The molecule has 0 bridgehead atoms. The molecule has 26 heavy (non-hydrogen) atoms. The number of fused-ring (bicyclic) bond motifs is 2. The maximum Gasteiger partial charge on any atom is 0.265 e. The van der Waals surface area contributed by atoms with E-state index in [0.29, 0.717) is 22.9 Å². The van der Waals surface area contributed by atoms with Gasteiger partial charge in [0.15, 0.2) is 18.1 Å². The smallest absolute Gasteiger partial charge is 0.265 e. The first kappa shape index (κ1) is 16.4. The summed E-state index contributed by atoms with van der Waals surface area (Å²) in [6.45, 7) is 3.86. The van der Waals surface area contributed by atoms with Crippen LogP contribution in [0.2, 0.25) is 0 Å². The fraction of sp³-hybridized carbons (Fsp3) is 0.300. The molecule has 0 spiro atoms. The van der Waals surface area contributed by atoms with Crippen molar-refractivity contribution in [3.8, 4) is 11.5 Å². The Labute approximate surface area is 151 Å². The number of nitrogens with one attached hydrogen (secondary N) is 1. The molecule has 2 aliphatic rings. The monoisotopic (exact) mass is 352 g/mol. The van der Waals surface area contributed by atoms with Gasteiger partial charge < -0.3 is 14.8 Å². The lowest BCUT2D eigenvalue weighted by atomic mass is 10.0. The first-order chi connectivity index (χ1) is 12.4. The summed E-state index contributed by atoms with van der Waals surface area (Å²) in [5.41, 5.74) is 2.09. The summed E-state index contributed by atoms with van der Waals surface area (Å²) in [4.78, 5) is 26.0. The van der Waals surface area contributed by atoms with E-state index in [1.165, 1.54) is 4.90 Å². The van der Waals surface area contributed by atoms with Crippen molar-refractivity contribution in [1.82, 2.24) is 0 Å². The second-order valence-corrected chi connectivity index (χ2v) is 7.12. The molecule has 0 saturated carbocycles. The lowest BCUT2D eigenvalue weighted by Gasteiger charge is -2.29. The topological polar surface area (TPSA) is 67.9 Å². The number of rotatable bonds is 3. The Morgan fingerprint density at radius 2 is 2.04 bits per heavy atom. The molecule has 6 nitrogen and oxygen atoms in total. The second kappa shape index (κ2) is 6.05. The van der Waals surface area contributed by atoms with Crippen molar-refractivity contribution in [2.75, 3.05) is 23.4 Å². The number of amides is 2. The van der Waals surface area contributed by atoms with E-state index in [2.05, 4.69) is 5.32 Å². The third kappa shape index (κ3) is 2.98. The summed E-state index contributed by atoms with van der Waals surface area (Å²) in [5, 5.41) is 2.77. The molecule has 2 heterocycles. The average Bonchev–Trinajstić information content (AvgIpc) is 2.93. The first-order valence-corrected chi connectivity index (χ1v) is 8.56. The summed E-state index contributed by atoms with van der Waals surface area (Å²) in [6.07, 6.45) is 0.799. The van der Waals surface area contributed by atoms with Crippen LogP contribution in [0.3, 0.4) is 0 Å². The molecule has 6 heteroatoms. The van der Waals surface area contributed by atoms with Gasteiger partial charge in [-0.3, -0.25) is 14.5 Å². The molecule has 4 rings (SSSR count). The van der Waals surface area contributed by atoms with Gasteiger partial charge in [0.2, 0.25) is 5.91 Å². The molecule has 0 aliphatic carbocycles. The van der Waals surface area contributed by atoms with Crippen LogP contribution in [0.1, 0.15) is 19.4 Å². The zero-order chi connectivity index (χ0) is 18.3. The number of carbonyl (C=O) groups excluding carboxylic acids is 2. The highest BCUT2D eigenvalue weighted by Gasteiger charge is 2.33. The molecule has 2 aliphatic heterocycles. The highest BCUT2D eigenvalue weighted by atomic mass is 16.5. The van der Waals surface area contributed by atoms with E-state index in [9.17, 15) is 9.59 Å². The number of anilines is 2. The second-order valence-electron chi connectivity index (χ2n) is 7.12. The third-order valence-electron chi connectivity index (χ3n) is 4.48. The lowest BCUT2D eigenvalue weighted by Crippen LogP contribution is -2.44. The van der Waals surface area contributed by atoms with E-state index < -0.39 is 0 Å². The quantitative estimate of drug-likeness (QED) is 0.922. The van der Waals surface area contributed by atoms with Crippen molar-refractivity contribution in [3.05, 3.63) is 48.0 Å². The minimum absolute atomic E-state index is 0.0182. The van der Waals surface area contributed by atoms with Crippen molar-refractivity contribution in [3.63, 3.8) is 0 Å². The molecule has 0 atom stereocenters. The molecular weight excluding hydrogens is 332 g/mol. The van der Waals surface area contributed by atoms with Gasteiger partial charge in [-0.05, 0) is 32.0 Å². The van der Waals surface area contributed by atoms with Crippen LogP contribution in [0.25, 0.3) is 0 Å². The Bertz CT molecular complexity index is 891. The molecule has 1 N–H and O–H groups in total. The Kier molecular flexibility index (Phi) is 3.83. The molecule has 0 saturated heterocycles. The normalized spacial score (nSPS) is 17.0. The van der Waals surface area contributed by atoms with Crippen molar-refractivity contribution in [2.24, 2.45) is 0 Å². The third-order valence-corrected chi connectivity index (χ3v) is 4.48. The van der Waals surface area contributed by atoms with E-state index in [1.807, 2.05) is 38.1 Å². The van der Waals surface area contributed by atoms with Gasteiger partial charge in [0.25, 0.3) is 5.91 Å². The Morgan fingerprint density at radius 3 is 2.88 bits per heavy atom. The first-order valence-electron chi connectivity index (χ1n) is 8.56. The summed E-state index contributed by atoms with van der Waals surface area (Å²) in [7, 11) is 0. The number of benzene rings is 2. The van der Waals surface area contributed by atoms with Crippen LogP contribution >= 0.6 is 0 Å². The fourth-order valence-electron chi connectivity index (χ4n) is 3.37. The zero-order valence-corrected chi connectivity index (χ0v) is 14.7. The van der Waals surface area contributed by atoms with E-state index in [1.54, 1.807) is 18.2 Å². The van der Waals surface area contributed by atoms with Crippen LogP contribution in [0.5, 0.6) is 11.5 Å². The molecule has 0 unspecified atom stereocenters. The number of carbonyl (C=O) groups is 2. The Balaban J connectivity index is 1.51. The minimum Gasteiger partial charge on any atom is -0.483 e. The Hall–Kier alpha value is -3.02. The van der Waals surface area contributed by atoms with Crippen LogP contribution in [-0.2, 0) is 16.0 Å². The lowest BCUT2D eigenvalue weighted by molar-refractivity contribution is -0.123. The van der Waals surface area contributed by atoms with Crippen molar-refractivity contribution in [1.29, 1.82) is 0 Å². The van der Waals surface area contributed by atoms with Crippen molar-refractivity contribution < 1.29 is 19.1 Å². The molecule has 134 valence electrons.